The molecule has 0 saturated heterocycles. The summed E-state index contributed by atoms with van der Waals surface area (Å²) in [6.45, 7) is 7.72. The van der Waals surface area contributed by atoms with Crippen LogP contribution in [0.5, 0.6) is 0 Å². The van der Waals surface area contributed by atoms with Gasteiger partial charge in [0.15, 0.2) is 0 Å². The summed E-state index contributed by atoms with van der Waals surface area (Å²) in [6.07, 6.45) is 0.236. The predicted molar refractivity (Wildman–Crippen MR) is 186 cm³/mol. The van der Waals surface area contributed by atoms with Crippen LogP contribution in [0, 0.1) is 19.8 Å². The van der Waals surface area contributed by atoms with Crippen molar-refractivity contribution in [3.8, 4) is 0 Å². The van der Waals surface area contributed by atoms with Crippen molar-refractivity contribution in [3.05, 3.63) is 129 Å². The molecule has 0 fully saturated rings. The third-order valence-electron chi connectivity index (χ3n) is 7.64. The smallest absolute Gasteiger partial charge is 0.264 e. The minimum Gasteiger partial charge on any atom is -0.354 e. The number of rotatable bonds is 13. The number of carbonyl (C=O) groups is 2. The number of carbonyl (C=O) groups excluding carboxylic acids is 2. The maximum atomic E-state index is 14.6. The number of hydrogen-bond acceptors (Lipinski definition) is 4. The van der Waals surface area contributed by atoms with E-state index in [9.17, 15) is 18.0 Å². The second-order valence-corrected chi connectivity index (χ2v) is 14.4. The Kier molecular flexibility index (Phi) is 11.9. The van der Waals surface area contributed by atoms with Gasteiger partial charge in [-0.25, -0.2) is 8.42 Å². The molecule has 242 valence electrons. The van der Waals surface area contributed by atoms with E-state index in [0.717, 1.165) is 26.6 Å². The summed E-state index contributed by atoms with van der Waals surface area (Å²) in [4.78, 5) is 30.0. The number of anilines is 1. The van der Waals surface area contributed by atoms with E-state index in [-0.39, 0.29) is 45.4 Å². The number of amides is 2. The molecule has 0 unspecified atom stereocenters. The van der Waals surface area contributed by atoms with Crippen LogP contribution in [-0.4, -0.2) is 44.3 Å². The Morgan fingerprint density at radius 2 is 1.48 bits per heavy atom. The zero-order valence-electron chi connectivity index (χ0n) is 26.4. The summed E-state index contributed by atoms with van der Waals surface area (Å²) in [5.74, 6) is -0.681. The number of benzene rings is 4. The summed E-state index contributed by atoms with van der Waals surface area (Å²) in [7, 11) is -4.25. The summed E-state index contributed by atoms with van der Waals surface area (Å²) in [5.41, 5.74) is 3.70. The molecular weight excluding hydrogens is 641 g/mol. The fraction of sp³-hybridized carbons (Fsp3) is 0.278. The van der Waals surface area contributed by atoms with E-state index in [1.807, 2.05) is 82.3 Å². The molecule has 1 atom stereocenters. The molecule has 0 aliphatic carbocycles. The largest absolute Gasteiger partial charge is 0.354 e. The van der Waals surface area contributed by atoms with Gasteiger partial charge < -0.3 is 10.2 Å². The molecule has 0 aliphatic heterocycles. The normalized spacial score (nSPS) is 12.1. The van der Waals surface area contributed by atoms with Crippen LogP contribution in [0.2, 0.25) is 10.0 Å². The van der Waals surface area contributed by atoms with Crippen molar-refractivity contribution in [1.29, 1.82) is 0 Å². The molecule has 46 heavy (non-hydrogen) atoms. The van der Waals surface area contributed by atoms with Gasteiger partial charge in [0.2, 0.25) is 11.8 Å². The van der Waals surface area contributed by atoms with Crippen molar-refractivity contribution < 1.29 is 18.0 Å². The molecular formula is C36H39Cl2N3O4S. The highest BCUT2D eigenvalue weighted by Gasteiger charge is 2.35. The molecule has 2 amide bonds. The second-order valence-electron chi connectivity index (χ2n) is 11.7. The standard InChI is InChI=1S/C36H39Cl2N3O4S/c1-25(2)22-39-36(43)34(20-28-11-6-5-7-12-28)40(23-29-13-9-8-10-27(29)4)35(42)24-41(30-16-19-32(37)33(38)21-30)46(44,45)31-17-14-26(3)15-18-31/h5-19,21,25,34H,20,22-24H2,1-4H3,(H,39,43)/t34-/m1/s1. The maximum Gasteiger partial charge on any atom is 0.264 e. The average Bonchev–Trinajstić information content (AvgIpc) is 3.03. The summed E-state index contributed by atoms with van der Waals surface area (Å²) >= 11 is 12.5. The zero-order valence-corrected chi connectivity index (χ0v) is 28.7. The lowest BCUT2D eigenvalue weighted by molar-refractivity contribution is -0.140. The Bertz CT molecular complexity index is 1760. The lowest BCUT2D eigenvalue weighted by Gasteiger charge is -2.34. The molecule has 0 heterocycles. The van der Waals surface area contributed by atoms with Crippen LogP contribution in [0.4, 0.5) is 5.69 Å². The van der Waals surface area contributed by atoms with Gasteiger partial charge in [0.1, 0.15) is 12.6 Å². The molecule has 0 radical (unpaired) electrons. The molecule has 0 aliphatic rings. The van der Waals surface area contributed by atoms with Crippen molar-refractivity contribution in [2.24, 2.45) is 5.92 Å². The SMILES string of the molecule is Cc1ccc(S(=O)(=O)N(CC(=O)N(Cc2ccccc2C)[C@H](Cc2ccccc2)C(=O)NCC(C)C)c2ccc(Cl)c(Cl)c2)cc1. The van der Waals surface area contributed by atoms with Crippen LogP contribution < -0.4 is 9.62 Å². The average molecular weight is 681 g/mol. The van der Waals surface area contributed by atoms with Crippen molar-refractivity contribution in [1.82, 2.24) is 10.2 Å². The van der Waals surface area contributed by atoms with Crippen molar-refractivity contribution in [2.45, 2.75) is 51.6 Å². The van der Waals surface area contributed by atoms with Crippen LogP contribution in [0.1, 0.15) is 36.1 Å². The number of halogens is 2. The van der Waals surface area contributed by atoms with Crippen LogP contribution in [0.25, 0.3) is 0 Å². The van der Waals surface area contributed by atoms with E-state index >= 15 is 0 Å². The molecule has 4 aromatic carbocycles. The molecule has 7 nitrogen and oxygen atoms in total. The monoisotopic (exact) mass is 679 g/mol. The minimum absolute atomic E-state index is 0.0120. The topological polar surface area (TPSA) is 86.8 Å². The molecule has 10 heteroatoms. The van der Waals surface area contributed by atoms with Gasteiger partial charge >= 0.3 is 0 Å². The fourth-order valence-electron chi connectivity index (χ4n) is 4.95. The van der Waals surface area contributed by atoms with E-state index in [0.29, 0.717) is 6.54 Å². The van der Waals surface area contributed by atoms with Gasteiger partial charge in [-0.15, -0.1) is 0 Å². The summed E-state index contributed by atoms with van der Waals surface area (Å²) in [5, 5.41) is 3.39. The predicted octanol–water partition coefficient (Wildman–Crippen LogP) is 7.22. The molecule has 0 bridgehead atoms. The highest BCUT2D eigenvalue weighted by Crippen LogP contribution is 2.31. The third-order valence-corrected chi connectivity index (χ3v) is 10.2. The minimum atomic E-state index is -4.25. The van der Waals surface area contributed by atoms with Gasteiger partial charge in [-0.05, 0) is 66.8 Å². The first-order valence-corrected chi connectivity index (χ1v) is 17.3. The molecule has 0 saturated carbocycles. The van der Waals surface area contributed by atoms with Gasteiger partial charge in [0.25, 0.3) is 10.0 Å². The van der Waals surface area contributed by atoms with Gasteiger partial charge in [0.05, 0.1) is 20.6 Å². The highest BCUT2D eigenvalue weighted by molar-refractivity contribution is 7.92. The number of hydrogen-bond donors (Lipinski definition) is 1. The lowest BCUT2D eigenvalue weighted by Crippen LogP contribution is -2.53. The van der Waals surface area contributed by atoms with E-state index in [4.69, 9.17) is 23.2 Å². The first kappa shape index (κ1) is 35.0. The van der Waals surface area contributed by atoms with E-state index < -0.39 is 28.5 Å². The molecule has 0 aromatic heterocycles. The first-order valence-electron chi connectivity index (χ1n) is 15.1. The van der Waals surface area contributed by atoms with E-state index in [2.05, 4.69) is 5.32 Å². The molecule has 0 spiro atoms. The van der Waals surface area contributed by atoms with Gasteiger partial charge in [-0.3, -0.25) is 13.9 Å². The Morgan fingerprint density at radius 1 is 0.826 bits per heavy atom. The van der Waals surface area contributed by atoms with Gasteiger partial charge in [0, 0.05) is 19.5 Å². The number of aryl methyl sites for hydroxylation is 2. The van der Waals surface area contributed by atoms with Crippen LogP contribution in [0.3, 0.4) is 0 Å². The zero-order chi connectivity index (χ0) is 33.4. The number of nitrogens with one attached hydrogen (secondary N) is 1. The Balaban J connectivity index is 1.82. The Morgan fingerprint density at radius 3 is 2.11 bits per heavy atom. The molecule has 4 rings (SSSR count). The van der Waals surface area contributed by atoms with E-state index in [1.54, 1.807) is 12.1 Å². The third kappa shape index (κ3) is 8.90. The van der Waals surface area contributed by atoms with Crippen LogP contribution >= 0.6 is 23.2 Å². The highest BCUT2D eigenvalue weighted by atomic mass is 35.5. The van der Waals surface area contributed by atoms with Gasteiger partial charge in [-0.1, -0.05) is 109 Å². The summed E-state index contributed by atoms with van der Waals surface area (Å²) in [6, 6.07) is 27.0. The maximum absolute atomic E-state index is 14.6. The summed E-state index contributed by atoms with van der Waals surface area (Å²) < 4.78 is 29.4. The number of nitrogens with zero attached hydrogens (tertiary/aromatic N) is 2. The molecule has 1 N–H and O–H groups in total. The fourth-order valence-corrected chi connectivity index (χ4v) is 6.65. The second kappa shape index (κ2) is 15.6. The van der Waals surface area contributed by atoms with Crippen LogP contribution in [0.15, 0.2) is 102 Å². The Hall–Kier alpha value is -3.85. The van der Waals surface area contributed by atoms with Crippen molar-refractivity contribution in [2.75, 3.05) is 17.4 Å². The van der Waals surface area contributed by atoms with Crippen LogP contribution in [-0.2, 0) is 32.6 Å². The van der Waals surface area contributed by atoms with E-state index in [1.165, 1.54) is 35.2 Å². The number of sulfonamides is 1. The lowest BCUT2D eigenvalue weighted by atomic mass is 10.0. The van der Waals surface area contributed by atoms with Gasteiger partial charge in [-0.2, -0.15) is 0 Å². The quantitative estimate of drug-likeness (QED) is 0.162. The Labute approximate surface area is 282 Å². The van der Waals surface area contributed by atoms with Crippen molar-refractivity contribution >= 4 is 50.7 Å². The first-order chi connectivity index (χ1) is 21.9. The molecule has 4 aromatic rings. The van der Waals surface area contributed by atoms with Crippen molar-refractivity contribution in [3.63, 3.8) is 0 Å².